The molecule has 0 spiro atoms. The van der Waals surface area contributed by atoms with Gasteiger partial charge in [0.25, 0.3) is 5.91 Å². The molecule has 0 heterocycles. The zero-order valence-electron chi connectivity index (χ0n) is 16.1. The molecule has 2 aromatic rings. The first-order valence-electron chi connectivity index (χ1n) is 8.84. The Morgan fingerprint density at radius 2 is 1.68 bits per heavy atom. The highest BCUT2D eigenvalue weighted by Gasteiger charge is 2.12. The third kappa shape index (κ3) is 6.39. The average Bonchev–Trinajstić information content (AvgIpc) is 2.65. The molecule has 0 radical (unpaired) electrons. The molecule has 0 aromatic heterocycles. The SMILES string of the molecule is Cc1ccc(NC(=O)CCC(=O)OCC(=O)Nc2cccc(Cl)c2C)cc1C. The van der Waals surface area contributed by atoms with Crippen molar-refractivity contribution < 1.29 is 19.1 Å². The van der Waals surface area contributed by atoms with Crippen molar-refractivity contribution in [3.05, 3.63) is 58.1 Å². The summed E-state index contributed by atoms with van der Waals surface area (Å²) >= 11 is 6.00. The van der Waals surface area contributed by atoms with E-state index in [4.69, 9.17) is 16.3 Å². The van der Waals surface area contributed by atoms with Crippen LogP contribution in [0, 0.1) is 20.8 Å². The van der Waals surface area contributed by atoms with E-state index in [-0.39, 0.29) is 18.7 Å². The van der Waals surface area contributed by atoms with Gasteiger partial charge in [0.05, 0.1) is 6.42 Å². The van der Waals surface area contributed by atoms with Crippen LogP contribution in [0.3, 0.4) is 0 Å². The summed E-state index contributed by atoms with van der Waals surface area (Å²) < 4.78 is 4.92. The fraction of sp³-hybridized carbons (Fsp3) is 0.286. The lowest BCUT2D eigenvalue weighted by Gasteiger charge is -2.10. The topological polar surface area (TPSA) is 84.5 Å². The molecule has 2 N–H and O–H groups in total. The summed E-state index contributed by atoms with van der Waals surface area (Å²) in [6, 6.07) is 10.7. The number of carbonyl (C=O) groups excluding carboxylic acids is 3. The minimum absolute atomic E-state index is 0.0270. The first kappa shape index (κ1) is 21.4. The summed E-state index contributed by atoms with van der Waals surface area (Å²) in [4.78, 5) is 35.6. The van der Waals surface area contributed by atoms with Crippen LogP contribution in [0.25, 0.3) is 0 Å². The van der Waals surface area contributed by atoms with Crippen LogP contribution in [0.4, 0.5) is 11.4 Å². The number of ether oxygens (including phenoxy) is 1. The molecule has 0 saturated heterocycles. The molecule has 6 nitrogen and oxygen atoms in total. The van der Waals surface area contributed by atoms with Gasteiger partial charge < -0.3 is 15.4 Å². The molecule has 2 amide bonds. The Labute approximate surface area is 169 Å². The number of halogens is 1. The number of amides is 2. The van der Waals surface area contributed by atoms with Gasteiger partial charge in [-0.05, 0) is 61.7 Å². The van der Waals surface area contributed by atoms with Crippen LogP contribution in [0.5, 0.6) is 0 Å². The van der Waals surface area contributed by atoms with E-state index in [1.807, 2.05) is 26.0 Å². The molecule has 0 unspecified atom stereocenters. The van der Waals surface area contributed by atoms with Crippen LogP contribution in [-0.4, -0.2) is 24.4 Å². The molecule has 7 heteroatoms. The van der Waals surface area contributed by atoms with E-state index in [0.29, 0.717) is 16.4 Å². The Hall–Kier alpha value is -2.86. The predicted molar refractivity (Wildman–Crippen MR) is 110 cm³/mol. The Kier molecular flexibility index (Phi) is 7.58. The van der Waals surface area contributed by atoms with Crippen molar-refractivity contribution >= 4 is 40.8 Å². The molecule has 0 fully saturated rings. The van der Waals surface area contributed by atoms with Crippen molar-refractivity contribution in [2.24, 2.45) is 0 Å². The maximum Gasteiger partial charge on any atom is 0.306 e. The van der Waals surface area contributed by atoms with E-state index in [9.17, 15) is 14.4 Å². The number of hydrogen-bond acceptors (Lipinski definition) is 4. The Bertz CT molecular complexity index is 896. The van der Waals surface area contributed by atoms with Crippen molar-refractivity contribution in [2.75, 3.05) is 17.2 Å². The molecule has 0 bridgehead atoms. The minimum Gasteiger partial charge on any atom is -0.456 e. The third-order valence-electron chi connectivity index (χ3n) is 4.25. The number of hydrogen-bond donors (Lipinski definition) is 2. The number of nitrogens with one attached hydrogen (secondary N) is 2. The number of benzene rings is 2. The molecule has 2 rings (SSSR count). The molecule has 0 saturated carbocycles. The lowest BCUT2D eigenvalue weighted by atomic mass is 10.1. The van der Waals surface area contributed by atoms with Crippen molar-refractivity contribution in [3.8, 4) is 0 Å². The van der Waals surface area contributed by atoms with Crippen molar-refractivity contribution in [1.29, 1.82) is 0 Å². The summed E-state index contributed by atoms with van der Waals surface area (Å²) in [7, 11) is 0. The fourth-order valence-electron chi connectivity index (χ4n) is 2.41. The van der Waals surface area contributed by atoms with Crippen LogP contribution in [0.15, 0.2) is 36.4 Å². The van der Waals surface area contributed by atoms with Gasteiger partial charge in [-0.15, -0.1) is 0 Å². The van der Waals surface area contributed by atoms with Gasteiger partial charge in [0.1, 0.15) is 0 Å². The third-order valence-corrected chi connectivity index (χ3v) is 4.66. The van der Waals surface area contributed by atoms with Gasteiger partial charge in [-0.25, -0.2) is 0 Å². The Balaban J connectivity index is 1.73. The highest BCUT2D eigenvalue weighted by Crippen LogP contribution is 2.22. The van der Waals surface area contributed by atoms with Crippen LogP contribution in [-0.2, 0) is 19.1 Å². The van der Waals surface area contributed by atoms with E-state index in [2.05, 4.69) is 10.6 Å². The summed E-state index contributed by atoms with van der Waals surface area (Å²) in [5, 5.41) is 5.90. The first-order chi connectivity index (χ1) is 13.3. The number of carbonyl (C=O) groups is 3. The van der Waals surface area contributed by atoms with Crippen molar-refractivity contribution in [1.82, 2.24) is 0 Å². The van der Waals surface area contributed by atoms with Gasteiger partial charge >= 0.3 is 5.97 Å². The van der Waals surface area contributed by atoms with Crippen LogP contribution in [0.1, 0.15) is 29.5 Å². The largest absolute Gasteiger partial charge is 0.456 e. The maximum absolute atomic E-state index is 12.0. The van der Waals surface area contributed by atoms with E-state index in [0.717, 1.165) is 16.7 Å². The molecule has 2 aromatic carbocycles. The van der Waals surface area contributed by atoms with E-state index in [1.165, 1.54) is 0 Å². The molecule has 0 aliphatic carbocycles. The molecule has 0 aliphatic rings. The normalized spacial score (nSPS) is 10.3. The zero-order valence-corrected chi connectivity index (χ0v) is 16.9. The number of rotatable bonds is 7. The second kappa shape index (κ2) is 9.90. The van der Waals surface area contributed by atoms with Gasteiger partial charge in [0.15, 0.2) is 6.61 Å². The second-order valence-corrected chi connectivity index (χ2v) is 6.88. The summed E-state index contributed by atoms with van der Waals surface area (Å²) in [6.07, 6.45) is -0.138. The van der Waals surface area contributed by atoms with Crippen LogP contribution in [0.2, 0.25) is 5.02 Å². The first-order valence-corrected chi connectivity index (χ1v) is 9.21. The van der Waals surface area contributed by atoms with E-state index < -0.39 is 18.5 Å². The van der Waals surface area contributed by atoms with Gasteiger partial charge in [-0.3, -0.25) is 14.4 Å². The van der Waals surface area contributed by atoms with Crippen LogP contribution < -0.4 is 10.6 Å². The predicted octanol–water partition coefficient (Wildman–Crippen LogP) is 4.17. The van der Waals surface area contributed by atoms with Gasteiger partial charge in [0, 0.05) is 22.8 Å². The molecule has 148 valence electrons. The number of aryl methyl sites for hydroxylation is 2. The number of esters is 1. The van der Waals surface area contributed by atoms with E-state index in [1.54, 1.807) is 31.2 Å². The molecule has 28 heavy (non-hydrogen) atoms. The summed E-state index contributed by atoms with van der Waals surface area (Å²) in [6.45, 7) is 5.29. The monoisotopic (exact) mass is 402 g/mol. The molecule has 0 aliphatic heterocycles. The van der Waals surface area contributed by atoms with Gasteiger partial charge in [-0.2, -0.15) is 0 Å². The highest BCUT2D eigenvalue weighted by molar-refractivity contribution is 6.31. The molecular formula is C21H23ClN2O4. The molecular weight excluding hydrogens is 380 g/mol. The Morgan fingerprint density at radius 1 is 0.929 bits per heavy atom. The maximum atomic E-state index is 12.0. The van der Waals surface area contributed by atoms with Gasteiger partial charge in [-0.1, -0.05) is 23.7 Å². The Morgan fingerprint density at radius 3 is 2.39 bits per heavy atom. The number of anilines is 2. The van der Waals surface area contributed by atoms with Crippen molar-refractivity contribution in [3.63, 3.8) is 0 Å². The van der Waals surface area contributed by atoms with Crippen molar-refractivity contribution in [2.45, 2.75) is 33.6 Å². The standard InChI is InChI=1S/C21H23ClN2O4/c1-13-7-8-16(11-14(13)2)23-19(25)9-10-21(27)28-12-20(26)24-18-6-4-5-17(22)15(18)3/h4-8,11H,9-10,12H2,1-3H3,(H,23,25)(H,24,26). The fourth-order valence-corrected chi connectivity index (χ4v) is 2.58. The summed E-state index contributed by atoms with van der Waals surface area (Å²) in [5.74, 6) is -1.38. The second-order valence-electron chi connectivity index (χ2n) is 6.47. The molecule has 0 atom stereocenters. The quantitative estimate of drug-likeness (QED) is 0.681. The lowest BCUT2D eigenvalue weighted by molar-refractivity contribution is -0.147. The minimum atomic E-state index is -0.617. The summed E-state index contributed by atoms with van der Waals surface area (Å²) in [5.41, 5.74) is 4.16. The smallest absolute Gasteiger partial charge is 0.306 e. The van der Waals surface area contributed by atoms with Crippen LogP contribution >= 0.6 is 11.6 Å². The van der Waals surface area contributed by atoms with E-state index >= 15 is 0 Å². The zero-order chi connectivity index (χ0) is 20.7. The highest BCUT2D eigenvalue weighted by atomic mass is 35.5. The lowest BCUT2D eigenvalue weighted by Crippen LogP contribution is -2.22. The average molecular weight is 403 g/mol. The van der Waals surface area contributed by atoms with Gasteiger partial charge in [0.2, 0.25) is 5.91 Å².